The lowest BCUT2D eigenvalue weighted by atomic mass is 10.1. The number of thiazole rings is 1. The molecule has 0 spiro atoms. The van der Waals surface area contributed by atoms with E-state index in [0.717, 1.165) is 22.1 Å². The number of fused-ring (bicyclic) bond motifs is 1. The number of nitrogens with zero attached hydrogens (tertiary/aromatic N) is 4. The molecule has 3 aromatic heterocycles. The maximum atomic E-state index is 12.6. The average Bonchev–Trinajstić information content (AvgIpc) is 3.37. The van der Waals surface area contributed by atoms with E-state index in [0.29, 0.717) is 11.4 Å². The molecule has 0 bridgehead atoms. The van der Waals surface area contributed by atoms with Gasteiger partial charge in [0.2, 0.25) is 28.9 Å². The normalized spacial score (nSPS) is 13.8. The van der Waals surface area contributed by atoms with Crippen molar-refractivity contribution < 1.29 is 26.3 Å². The van der Waals surface area contributed by atoms with Gasteiger partial charge >= 0.3 is 0 Å². The van der Waals surface area contributed by atoms with Crippen LogP contribution in [0.3, 0.4) is 0 Å². The third-order valence-electron chi connectivity index (χ3n) is 4.39. The molecule has 2 unspecified atom stereocenters. The van der Waals surface area contributed by atoms with Crippen molar-refractivity contribution >= 4 is 42.7 Å². The summed E-state index contributed by atoms with van der Waals surface area (Å²) in [6, 6.07) is 9.23. The van der Waals surface area contributed by atoms with Gasteiger partial charge in [0.25, 0.3) is 0 Å². The Morgan fingerprint density at radius 3 is 2.75 bits per heavy atom. The summed E-state index contributed by atoms with van der Waals surface area (Å²) in [5, 5.41) is 6.58. The first kappa shape index (κ1) is 22.4. The SMILES string of the molecule is COc1cc(-c2ccc3nc(C(c4nnc(CNS(=O)O)o4)S(C)(=O)=O)sc3c2)ccn1. The molecule has 2 atom stereocenters. The minimum Gasteiger partial charge on any atom is -0.481 e. The fourth-order valence-electron chi connectivity index (χ4n) is 2.97. The Balaban J connectivity index is 1.71. The van der Waals surface area contributed by atoms with Gasteiger partial charge in [0.05, 0.1) is 23.9 Å². The number of hydrogen-bond acceptors (Lipinski definition) is 10. The van der Waals surface area contributed by atoms with Crippen LogP contribution in [0.25, 0.3) is 21.3 Å². The number of ether oxygens (including phenoxy) is 1. The van der Waals surface area contributed by atoms with Crippen LogP contribution in [0.4, 0.5) is 0 Å². The van der Waals surface area contributed by atoms with Crippen molar-refractivity contribution in [2.45, 2.75) is 11.8 Å². The lowest BCUT2D eigenvalue weighted by Gasteiger charge is -2.07. The molecule has 0 saturated carbocycles. The van der Waals surface area contributed by atoms with Crippen molar-refractivity contribution in [1.29, 1.82) is 0 Å². The Kier molecular flexibility index (Phi) is 6.30. The highest BCUT2D eigenvalue weighted by atomic mass is 32.2. The van der Waals surface area contributed by atoms with E-state index in [1.54, 1.807) is 25.4 Å². The number of aromatic nitrogens is 4. The molecule has 4 rings (SSSR count). The highest BCUT2D eigenvalue weighted by molar-refractivity contribution is 7.91. The number of rotatable bonds is 8. The van der Waals surface area contributed by atoms with E-state index in [1.807, 2.05) is 18.2 Å². The monoisotopic (exact) mass is 495 g/mol. The van der Waals surface area contributed by atoms with Crippen LogP contribution in [0.15, 0.2) is 40.9 Å². The third kappa shape index (κ3) is 4.83. The highest BCUT2D eigenvalue weighted by Gasteiger charge is 2.33. The second-order valence-corrected chi connectivity index (χ2v) is 10.6. The number of hydrogen-bond donors (Lipinski definition) is 2. The zero-order chi connectivity index (χ0) is 22.9. The van der Waals surface area contributed by atoms with Crippen molar-refractivity contribution in [2.24, 2.45) is 0 Å². The molecule has 0 aliphatic carbocycles. The standard InChI is InChI=1S/C18H17N5O6S3/c1-28-14-8-11(5-6-19-14)10-3-4-12-13(7-10)30-18(21-12)16(32(2,26)27)17-23-22-15(29-17)9-20-31(24)25/h3-8,16,20H,9H2,1-2H3,(H,24,25). The van der Waals surface area contributed by atoms with Crippen LogP contribution in [0.2, 0.25) is 0 Å². The fourth-order valence-corrected chi connectivity index (χ4v) is 5.75. The van der Waals surface area contributed by atoms with E-state index in [1.165, 1.54) is 11.3 Å². The van der Waals surface area contributed by atoms with Gasteiger partial charge in [0, 0.05) is 18.5 Å². The van der Waals surface area contributed by atoms with Crippen molar-refractivity contribution in [3.63, 3.8) is 0 Å². The van der Waals surface area contributed by atoms with Crippen molar-refractivity contribution in [3.05, 3.63) is 53.3 Å². The summed E-state index contributed by atoms with van der Waals surface area (Å²) in [5.41, 5.74) is 2.41. The Labute approximate surface area is 189 Å². The molecule has 11 nitrogen and oxygen atoms in total. The van der Waals surface area contributed by atoms with Crippen LogP contribution < -0.4 is 9.46 Å². The van der Waals surface area contributed by atoms with Crippen LogP contribution in [-0.2, 0) is 27.6 Å². The Morgan fingerprint density at radius 2 is 2.03 bits per heavy atom. The zero-order valence-corrected chi connectivity index (χ0v) is 19.2. The van der Waals surface area contributed by atoms with Gasteiger partial charge in [-0.2, -0.15) is 0 Å². The summed E-state index contributed by atoms with van der Waals surface area (Å²) in [4.78, 5) is 8.58. The molecule has 0 aliphatic heterocycles. The molecule has 2 N–H and O–H groups in total. The Hall–Kier alpha value is -2.78. The van der Waals surface area contributed by atoms with E-state index >= 15 is 0 Å². The van der Waals surface area contributed by atoms with Gasteiger partial charge in [-0.25, -0.2) is 27.3 Å². The lowest BCUT2D eigenvalue weighted by Crippen LogP contribution is -2.15. The molecule has 1 aromatic carbocycles. The first-order valence-electron chi connectivity index (χ1n) is 9.01. The van der Waals surface area contributed by atoms with E-state index in [2.05, 4.69) is 24.9 Å². The Morgan fingerprint density at radius 1 is 1.25 bits per heavy atom. The molecule has 0 saturated heterocycles. The van der Waals surface area contributed by atoms with E-state index in [-0.39, 0.29) is 23.3 Å². The van der Waals surface area contributed by atoms with Crippen LogP contribution in [0.5, 0.6) is 5.88 Å². The summed E-state index contributed by atoms with van der Waals surface area (Å²) in [6.07, 6.45) is 2.70. The van der Waals surface area contributed by atoms with E-state index < -0.39 is 26.4 Å². The zero-order valence-electron chi connectivity index (χ0n) is 16.8. The first-order valence-corrected chi connectivity index (χ1v) is 12.9. The summed E-state index contributed by atoms with van der Waals surface area (Å²) in [5.74, 6) is 0.300. The van der Waals surface area contributed by atoms with Gasteiger partial charge in [-0.3, -0.25) is 4.55 Å². The van der Waals surface area contributed by atoms with Gasteiger partial charge in [0.15, 0.2) is 15.1 Å². The van der Waals surface area contributed by atoms with Crippen molar-refractivity contribution in [1.82, 2.24) is 24.9 Å². The van der Waals surface area contributed by atoms with Crippen LogP contribution in [-0.4, -0.2) is 50.7 Å². The number of benzene rings is 1. The van der Waals surface area contributed by atoms with Gasteiger partial charge in [-0.05, 0) is 29.3 Å². The highest BCUT2D eigenvalue weighted by Crippen LogP contribution is 2.36. The number of methoxy groups -OCH3 is 1. The van der Waals surface area contributed by atoms with Gasteiger partial charge in [0.1, 0.15) is 5.01 Å². The van der Waals surface area contributed by atoms with Gasteiger partial charge in [-0.1, -0.05) is 6.07 Å². The average molecular weight is 496 g/mol. The minimum atomic E-state index is -3.71. The molecular weight excluding hydrogens is 478 g/mol. The molecule has 14 heteroatoms. The van der Waals surface area contributed by atoms with Crippen LogP contribution >= 0.6 is 11.3 Å². The lowest BCUT2D eigenvalue weighted by molar-refractivity contribution is 0.398. The predicted octanol–water partition coefficient (Wildman–Crippen LogP) is 2.11. The number of sulfone groups is 1. The van der Waals surface area contributed by atoms with Crippen LogP contribution in [0.1, 0.15) is 22.0 Å². The molecule has 0 amide bonds. The molecule has 32 heavy (non-hydrogen) atoms. The van der Waals surface area contributed by atoms with Crippen molar-refractivity contribution in [3.8, 4) is 17.0 Å². The van der Waals surface area contributed by atoms with E-state index in [9.17, 15) is 12.6 Å². The first-order chi connectivity index (χ1) is 15.2. The molecule has 3 heterocycles. The van der Waals surface area contributed by atoms with Crippen LogP contribution in [0, 0.1) is 0 Å². The number of pyridine rings is 1. The maximum absolute atomic E-state index is 12.6. The van der Waals surface area contributed by atoms with Gasteiger partial charge < -0.3 is 9.15 Å². The molecule has 0 radical (unpaired) electrons. The molecule has 168 valence electrons. The van der Waals surface area contributed by atoms with E-state index in [4.69, 9.17) is 13.7 Å². The van der Waals surface area contributed by atoms with Gasteiger partial charge in [-0.15, -0.1) is 21.5 Å². The Bertz CT molecular complexity index is 1400. The summed E-state index contributed by atoms with van der Waals surface area (Å²) in [6.45, 7) is -0.189. The fraction of sp³-hybridized carbons (Fsp3) is 0.222. The summed E-state index contributed by atoms with van der Waals surface area (Å²) < 4.78 is 58.3. The molecule has 0 aliphatic rings. The topological polar surface area (TPSA) is 157 Å². The summed E-state index contributed by atoms with van der Waals surface area (Å²) in [7, 11) is -2.17. The second kappa shape index (κ2) is 8.99. The third-order valence-corrected chi connectivity index (χ3v) is 7.29. The minimum absolute atomic E-state index is 0.0221. The second-order valence-electron chi connectivity index (χ2n) is 6.64. The molecular formula is C18H17N5O6S3. The largest absolute Gasteiger partial charge is 0.481 e. The smallest absolute Gasteiger partial charge is 0.241 e. The number of nitrogens with one attached hydrogen (secondary N) is 1. The van der Waals surface area contributed by atoms with Crippen molar-refractivity contribution in [2.75, 3.05) is 13.4 Å². The maximum Gasteiger partial charge on any atom is 0.241 e. The summed E-state index contributed by atoms with van der Waals surface area (Å²) >= 11 is -1.07. The predicted molar refractivity (Wildman–Crippen MR) is 118 cm³/mol. The molecule has 4 aromatic rings. The molecule has 0 fully saturated rings. The quantitative estimate of drug-likeness (QED) is 0.347.